The second-order valence-electron chi connectivity index (χ2n) is 6.34. The first-order valence-electron chi connectivity index (χ1n) is 6.87. The van der Waals surface area contributed by atoms with Gasteiger partial charge in [-0.15, -0.1) is 0 Å². The highest BCUT2D eigenvalue weighted by Crippen LogP contribution is 2.42. The molecule has 1 aromatic heterocycles. The maximum Gasteiger partial charge on any atom is 0.318 e. The number of carbonyl (C=O) groups excluding carboxylic acids is 1. The van der Waals surface area contributed by atoms with E-state index in [9.17, 15) is 4.79 Å². The van der Waals surface area contributed by atoms with Crippen LogP contribution < -0.4 is 5.73 Å². The van der Waals surface area contributed by atoms with Crippen molar-refractivity contribution in [2.75, 3.05) is 0 Å². The van der Waals surface area contributed by atoms with Gasteiger partial charge in [0.25, 0.3) is 0 Å². The van der Waals surface area contributed by atoms with E-state index in [0.717, 1.165) is 23.0 Å². The highest BCUT2D eigenvalue weighted by molar-refractivity contribution is 9.10. The molecule has 20 heavy (non-hydrogen) atoms. The molecule has 0 aliphatic heterocycles. The number of hydrogen-bond acceptors (Lipinski definition) is 4. The van der Waals surface area contributed by atoms with E-state index in [-0.39, 0.29) is 12.0 Å². The Labute approximate surface area is 128 Å². The number of nitrogens with zero attached hydrogens (tertiary/aromatic N) is 1. The molecule has 0 aromatic carbocycles. The molecule has 2 atom stereocenters. The highest BCUT2D eigenvalue weighted by atomic mass is 79.9. The molecular weight excluding hydrogens is 320 g/mol. The van der Waals surface area contributed by atoms with Gasteiger partial charge in [-0.2, -0.15) is 0 Å². The lowest BCUT2D eigenvalue weighted by Gasteiger charge is -2.34. The molecule has 0 radical (unpaired) electrons. The van der Waals surface area contributed by atoms with E-state index in [4.69, 9.17) is 10.5 Å². The van der Waals surface area contributed by atoms with Crippen LogP contribution >= 0.6 is 15.9 Å². The van der Waals surface area contributed by atoms with Crippen LogP contribution in [0.3, 0.4) is 0 Å². The summed E-state index contributed by atoms with van der Waals surface area (Å²) < 4.78 is 6.36. The van der Waals surface area contributed by atoms with Gasteiger partial charge in [0.15, 0.2) is 0 Å². The van der Waals surface area contributed by atoms with E-state index >= 15 is 0 Å². The molecule has 1 aliphatic carbocycles. The largest absolute Gasteiger partial charge is 0.459 e. The van der Waals surface area contributed by atoms with Crippen molar-refractivity contribution in [2.24, 2.45) is 5.73 Å². The van der Waals surface area contributed by atoms with Gasteiger partial charge in [0.2, 0.25) is 0 Å². The molecule has 0 saturated heterocycles. The van der Waals surface area contributed by atoms with Crippen LogP contribution in [0.5, 0.6) is 0 Å². The Morgan fingerprint density at radius 3 is 2.65 bits per heavy atom. The average molecular weight is 341 g/mol. The molecular formula is C15H21BrN2O2. The molecule has 1 aliphatic rings. The Bertz CT molecular complexity index is 496. The molecule has 4 nitrogen and oxygen atoms in total. The minimum absolute atomic E-state index is 0.222. The first kappa shape index (κ1) is 15.4. The summed E-state index contributed by atoms with van der Waals surface area (Å²) >= 11 is 3.31. The first-order chi connectivity index (χ1) is 9.25. The summed E-state index contributed by atoms with van der Waals surface area (Å²) in [5.41, 5.74) is 5.83. The smallest absolute Gasteiger partial charge is 0.318 e. The molecule has 0 amide bonds. The van der Waals surface area contributed by atoms with Gasteiger partial charge < -0.3 is 10.5 Å². The third-order valence-corrected chi connectivity index (χ3v) is 4.19. The van der Waals surface area contributed by atoms with Crippen molar-refractivity contribution in [3.8, 4) is 0 Å². The number of hydrogen-bond donors (Lipinski definition) is 1. The summed E-state index contributed by atoms with van der Waals surface area (Å²) in [7, 11) is 0. The zero-order valence-electron chi connectivity index (χ0n) is 12.1. The van der Waals surface area contributed by atoms with Crippen molar-refractivity contribution in [1.82, 2.24) is 4.98 Å². The van der Waals surface area contributed by atoms with Crippen LogP contribution in [0.15, 0.2) is 22.9 Å². The minimum Gasteiger partial charge on any atom is -0.459 e. The normalized spacial score (nSPS) is 26.6. The number of pyridine rings is 1. The van der Waals surface area contributed by atoms with Crippen molar-refractivity contribution in [3.05, 3.63) is 28.5 Å². The molecule has 2 N–H and O–H groups in total. The molecule has 110 valence electrons. The van der Waals surface area contributed by atoms with Crippen LogP contribution in [0.25, 0.3) is 0 Å². The summed E-state index contributed by atoms with van der Waals surface area (Å²) in [6.45, 7) is 5.62. The lowest BCUT2D eigenvalue weighted by Crippen LogP contribution is -2.50. The number of carbonyl (C=O) groups is 1. The number of halogens is 1. The standard InChI is InChI=1S/C15H21BrN2O2/c1-14(2,3)20-13(19)15(8-4-5-11(15)17)10-6-7-12(16)18-9-10/h6-7,9,11H,4-5,8,17H2,1-3H3. The Morgan fingerprint density at radius 1 is 1.50 bits per heavy atom. The van der Waals surface area contributed by atoms with Crippen LogP contribution in [0.2, 0.25) is 0 Å². The van der Waals surface area contributed by atoms with E-state index in [0.29, 0.717) is 6.42 Å². The third kappa shape index (κ3) is 2.88. The minimum atomic E-state index is -0.763. The van der Waals surface area contributed by atoms with Gasteiger partial charge in [-0.25, -0.2) is 4.98 Å². The summed E-state index contributed by atoms with van der Waals surface area (Å²) in [6.07, 6.45) is 4.19. The van der Waals surface area contributed by atoms with Crippen LogP contribution in [0.4, 0.5) is 0 Å². The summed E-state index contributed by atoms with van der Waals surface area (Å²) in [6, 6.07) is 3.53. The molecule has 0 bridgehead atoms. The van der Waals surface area contributed by atoms with Crippen LogP contribution in [-0.4, -0.2) is 22.6 Å². The van der Waals surface area contributed by atoms with Crippen molar-refractivity contribution >= 4 is 21.9 Å². The van der Waals surface area contributed by atoms with Crippen molar-refractivity contribution in [3.63, 3.8) is 0 Å². The van der Waals surface area contributed by atoms with E-state index in [1.807, 2.05) is 32.9 Å². The Morgan fingerprint density at radius 2 is 2.20 bits per heavy atom. The number of esters is 1. The summed E-state index contributed by atoms with van der Waals surface area (Å²) in [4.78, 5) is 17.0. The molecule has 1 aromatic rings. The third-order valence-electron chi connectivity index (χ3n) is 3.72. The van der Waals surface area contributed by atoms with Crippen LogP contribution in [0.1, 0.15) is 45.6 Å². The molecule has 2 unspecified atom stereocenters. The van der Waals surface area contributed by atoms with Gasteiger partial charge in [0.1, 0.15) is 15.6 Å². The summed E-state index contributed by atoms with van der Waals surface area (Å²) in [5, 5.41) is 0. The van der Waals surface area contributed by atoms with Gasteiger partial charge in [-0.05, 0) is 61.2 Å². The van der Waals surface area contributed by atoms with E-state index < -0.39 is 11.0 Å². The molecule has 1 saturated carbocycles. The molecule has 0 spiro atoms. The predicted molar refractivity (Wildman–Crippen MR) is 81.3 cm³/mol. The molecule has 1 fully saturated rings. The predicted octanol–water partition coefficient (Wildman–Crippen LogP) is 2.93. The average Bonchev–Trinajstić information content (AvgIpc) is 2.71. The van der Waals surface area contributed by atoms with Gasteiger partial charge in [-0.3, -0.25) is 4.79 Å². The lowest BCUT2D eigenvalue weighted by atomic mass is 9.76. The summed E-state index contributed by atoms with van der Waals surface area (Å²) in [5.74, 6) is -0.237. The van der Waals surface area contributed by atoms with E-state index in [1.54, 1.807) is 6.20 Å². The SMILES string of the molecule is CC(C)(C)OC(=O)C1(c2ccc(Br)nc2)CCCC1N. The van der Waals surface area contributed by atoms with Crippen LogP contribution in [-0.2, 0) is 14.9 Å². The quantitative estimate of drug-likeness (QED) is 0.664. The Balaban J connectivity index is 2.41. The number of ether oxygens (including phenoxy) is 1. The monoisotopic (exact) mass is 340 g/mol. The van der Waals surface area contributed by atoms with Crippen LogP contribution in [0, 0.1) is 0 Å². The number of rotatable bonds is 2. The lowest BCUT2D eigenvalue weighted by molar-refractivity contribution is -0.162. The van der Waals surface area contributed by atoms with Gasteiger partial charge in [0.05, 0.1) is 0 Å². The second kappa shape index (κ2) is 5.45. The van der Waals surface area contributed by atoms with Crippen molar-refractivity contribution in [2.45, 2.75) is 57.1 Å². The van der Waals surface area contributed by atoms with Crippen molar-refractivity contribution < 1.29 is 9.53 Å². The molecule has 2 rings (SSSR count). The van der Waals surface area contributed by atoms with Crippen molar-refractivity contribution in [1.29, 1.82) is 0 Å². The molecule has 5 heteroatoms. The fraction of sp³-hybridized carbons (Fsp3) is 0.600. The van der Waals surface area contributed by atoms with Gasteiger partial charge >= 0.3 is 5.97 Å². The fourth-order valence-corrected chi connectivity index (χ4v) is 3.01. The van der Waals surface area contributed by atoms with E-state index in [1.165, 1.54) is 0 Å². The maximum absolute atomic E-state index is 12.7. The number of aromatic nitrogens is 1. The zero-order valence-corrected chi connectivity index (χ0v) is 13.7. The highest BCUT2D eigenvalue weighted by Gasteiger charge is 2.51. The number of nitrogens with two attached hydrogens (primary N) is 1. The van der Waals surface area contributed by atoms with Gasteiger partial charge in [0, 0.05) is 12.2 Å². The topological polar surface area (TPSA) is 65.2 Å². The Hall–Kier alpha value is -0.940. The fourth-order valence-electron chi connectivity index (χ4n) is 2.77. The van der Waals surface area contributed by atoms with Gasteiger partial charge in [-0.1, -0.05) is 12.5 Å². The maximum atomic E-state index is 12.7. The first-order valence-corrected chi connectivity index (χ1v) is 7.66. The van der Waals surface area contributed by atoms with E-state index in [2.05, 4.69) is 20.9 Å². The molecule has 1 heterocycles. The zero-order chi connectivity index (χ0) is 15.0. The Kier molecular flexibility index (Phi) is 4.21. The second-order valence-corrected chi connectivity index (χ2v) is 7.15.